The van der Waals surface area contributed by atoms with E-state index in [4.69, 9.17) is 11.5 Å². The molecule has 170 valence electrons. The van der Waals surface area contributed by atoms with Crippen LogP contribution in [0.3, 0.4) is 0 Å². The minimum atomic E-state index is -3.14. The number of hydrogen-bond acceptors (Lipinski definition) is 6. The normalized spacial score (nSPS) is 10.4. The zero-order chi connectivity index (χ0) is 22.0. The van der Waals surface area contributed by atoms with E-state index < -0.39 is 10.0 Å². The number of sulfonamides is 1. The number of nitrogens with one attached hydrogen (secondary N) is 1. The summed E-state index contributed by atoms with van der Waals surface area (Å²) in [5, 5.41) is 0. The Labute approximate surface area is 187 Å². The molecule has 0 unspecified atom stereocenters. The van der Waals surface area contributed by atoms with E-state index in [-0.39, 0.29) is 12.4 Å². The number of benzene rings is 2. The first kappa shape index (κ1) is 27.8. The van der Waals surface area contributed by atoms with Gasteiger partial charge < -0.3 is 21.3 Å². The molecule has 2 aromatic carbocycles. The average molecular weight is 458 g/mol. The molecular formula is C21H36ClN5O2S. The molecule has 0 heterocycles. The van der Waals surface area contributed by atoms with Crippen LogP contribution in [0.1, 0.15) is 19.4 Å². The molecule has 0 aliphatic rings. The van der Waals surface area contributed by atoms with Gasteiger partial charge in [-0.3, -0.25) is 0 Å². The van der Waals surface area contributed by atoms with Crippen LogP contribution in [-0.4, -0.2) is 48.4 Å². The monoisotopic (exact) mass is 457 g/mol. The first-order valence-corrected chi connectivity index (χ1v) is 11.6. The van der Waals surface area contributed by atoms with Crippen LogP contribution in [0, 0.1) is 0 Å². The zero-order valence-corrected chi connectivity index (χ0v) is 20.2. The van der Waals surface area contributed by atoms with Crippen molar-refractivity contribution in [3.63, 3.8) is 0 Å². The van der Waals surface area contributed by atoms with Crippen molar-refractivity contribution in [2.75, 3.05) is 61.3 Å². The van der Waals surface area contributed by atoms with Crippen LogP contribution in [-0.2, 0) is 16.4 Å². The highest BCUT2D eigenvalue weighted by Gasteiger charge is 2.07. The third-order valence-corrected chi connectivity index (χ3v) is 5.15. The van der Waals surface area contributed by atoms with Gasteiger partial charge in [0.15, 0.2) is 0 Å². The Morgan fingerprint density at radius 1 is 0.933 bits per heavy atom. The summed E-state index contributed by atoms with van der Waals surface area (Å²) in [4.78, 5) is 4.27. The lowest BCUT2D eigenvalue weighted by Gasteiger charge is -2.22. The Morgan fingerprint density at radius 2 is 1.47 bits per heavy atom. The van der Waals surface area contributed by atoms with Gasteiger partial charge in [0.2, 0.25) is 10.0 Å². The van der Waals surface area contributed by atoms with E-state index in [1.807, 2.05) is 61.5 Å². The number of anilines is 4. The molecule has 0 radical (unpaired) electrons. The largest absolute Gasteiger partial charge is 0.399 e. The second kappa shape index (κ2) is 13.2. The molecule has 0 atom stereocenters. The minimum Gasteiger partial charge on any atom is -0.399 e. The van der Waals surface area contributed by atoms with Gasteiger partial charge in [-0.2, -0.15) is 0 Å². The van der Waals surface area contributed by atoms with Crippen molar-refractivity contribution >= 4 is 45.2 Å². The molecule has 2 rings (SSSR count). The van der Waals surface area contributed by atoms with Gasteiger partial charge in [-0.1, -0.05) is 0 Å². The summed E-state index contributed by atoms with van der Waals surface area (Å²) >= 11 is 0. The Kier molecular flexibility index (Phi) is 12.3. The van der Waals surface area contributed by atoms with E-state index >= 15 is 0 Å². The molecule has 0 amide bonds. The van der Waals surface area contributed by atoms with E-state index in [2.05, 4.69) is 23.5 Å². The van der Waals surface area contributed by atoms with Crippen LogP contribution in [0.4, 0.5) is 22.7 Å². The maximum Gasteiger partial charge on any atom is 0.208 e. The highest BCUT2D eigenvalue weighted by molar-refractivity contribution is 7.88. The van der Waals surface area contributed by atoms with Crippen molar-refractivity contribution in [3.8, 4) is 0 Å². The molecule has 0 aromatic heterocycles. The summed E-state index contributed by atoms with van der Waals surface area (Å²) < 4.78 is 24.5. The van der Waals surface area contributed by atoms with Gasteiger partial charge in [0.25, 0.3) is 0 Å². The number of nitrogens with zero attached hydrogens (tertiary/aromatic N) is 2. The smallest absolute Gasteiger partial charge is 0.208 e. The van der Waals surface area contributed by atoms with Gasteiger partial charge in [-0.15, -0.1) is 12.4 Å². The summed E-state index contributed by atoms with van der Waals surface area (Å²) in [5.74, 6) is 0. The molecule has 7 nitrogen and oxygen atoms in total. The molecule has 0 aliphatic carbocycles. The first-order chi connectivity index (χ1) is 13.6. The van der Waals surface area contributed by atoms with Crippen molar-refractivity contribution in [2.45, 2.75) is 20.3 Å². The summed E-state index contributed by atoms with van der Waals surface area (Å²) in [5.41, 5.74) is 16.2. The van der Waals surface area contributed by atoms with Crippen molar-refractivity contribution in [2.24, 2.45) is 0 Å². The highest BCUT2D eigenvalue weighted by Crippen LogP contribution is 2.21. The van der Waals surface area contributed by atoms with E-state index in [0.29, 0.717) is 18.7 Å². The molecule has 0 fully saturated rings. The van der Waals surface area contributed by atoms with Crippen LogP contribution in [0.5, 0.6) is 0 Å². The second-order valence-electron chi connectivity index (χ2n) is 6.96. The third-order valence-electron chi connectivity index (χ3n) is 4.42. The fourth-order valence-corrected chi connectivity index (χ4v) is 3.21. The molecular weight excluding hydrogens is 422 g/mol. The number of hydrogen-bond donors (Lipinski definition) is 3. The summed E-state index contributed by atoms with van der Waals surface area (Å²) in [6, 6.07) is 13.7. The quantitative estimate of drug-likeness (QED) is 0.526. The molecule has 0 saturated carbocycles. The lowest BCUT2D eigenvalue weighted by atomic mass is 10.1. The van der Waals surface area contributed by atoms with Crippen molar-refractivity contribution in [1.29, 1.82) is 0 Å². The van der Waals surface area contributed by atoms with Crippen molar-refractivity contribution in [1.82, 2.24) is 4.72 Å². The summed E-state index contributed by atoms with van der Waals surface area (Å²) in [6.45, 7) is 6.43. The minimum absolute atomic E-state index is 0. The van der Waals surface area contributed by atoms with Gasteiger partial charge in [-0.05, 0) is 68.3 Å². The van der Waals surface area contributed by atoms with Gasteiger partial charge in [-0.25, -0.2) is 13.1 Å². The average Bonchev–Trinajstić information content (AvgIpc) is 2.65. The number of nitrogen functional groups attached to an aromatic ring is 2. The topological polar surface area (TPSA) is 105 Å². The van der Waals surface area contributed by atoms with E-state index in [1.54, 1.807) is 0 Å². The SMILES string of the molecule is CCN(CC)c1ccc(N)c(CCNS(C)(=O)=O)c1.CN(C)c1ccc(N)cc1.Cl. The van der Waals surface area contributed by atoms with E-state index in [9.17, 15) is 8.42 Å². The predicted octanol–water partition coefficient (Wildman–Crippen LogP) is 2.96. The van der Waals surface area contributed by atoms with Crippen LogP contribution < -0.4 is 26.0 Å². The first-order valence-electron chi connectivity index (χ1n) is 9.68. The van der Waals surface area contributed by atoms with Crippen molar-refractivity contribution < 1.29 is 8.42 Å². The van der Waals surface area contributed by atoms with Gasteiger partial charge >= 0.3 is 0 Å². The van der Waals surface area contributed by atoms with Crippen molar-refractivity contribution in [3.05, 3.63) is 48.0 Å². The summed E-state index contributed by atoms with van der Waals surface area (Å²) in [7, 11) is 0.867. The Balaban J connectivity index is 0.000000646. The maximum absolute atomic E-state index is 11.0. The fraction of sp³-hybridized carbons (Fsp3) is 0.429. The molecule has 2 aromatic rings. The van der Waals surface area contributed by atoms with Gasteiger partial charge in [0.1, 0.15) is 0 Å². The second-order valence-corrected chi connectivity index (χ2v) is 8.79. The molecule has 9 heteroatoms. The number of nitrogens with two attached hydrogens (primary N) is 2. The molecule has 0 spiro atoms. The molecule has 0 saturated heterocycles. The Bertz CT molecular complexity index is 854. The lowest BCUT2D eigenvalue weighted by molar-refractivity contribution is 0.588. The van der Waals surface area contributed by atoms with Crippen LogP contribution in [0.15, 0.2) is 42.5 Å². The van der Waals surface area contributed by atoms with Crippen LogP contribution in [0.25, 0.3) is 0 Å². The van der Waals surface area contributed by atoms with Crippen LogP contribution in [0.2, 0.25) is 0 Å². The van der Waals surface area contributed by atoms with Gasteiger partial charge in [0, 0.05) is 56.5 Å². The highest BCUT2D eigenvalue weighted by atomic mass is 35.5. The van der Waals surface area contributed by atoms with Gasteiger partial charge in [0.05, 0.1) is 6.26 Å². The zero-order valence-electron chi connectivity index (χ0n) is 18.6. The lowest BCUT2D eigenvalue weighted by Crippen LogP contribution is -2.25. The molecule has 30 heavy (non-hydrogen) atoms. The standard InChI is InChI=1S/C13H23N3O2S.C8H12N2.ClH/c1-4-16(5-2)12-6-7-13(14)11(10-12)8-9-15-19(3,17)18;1-10(2)8-5-3-7(9)4-6-8;/h6-7,10,15H,4-5,8-9,14H2,1-3H3;3-6H,9H2,1-2H3;1H. The van der Waals surface area contributed by atoms with E-state index in [0.717, 1.165) is 36.3 Å². The fourth-order valence-electron chi connectivity index (χ4n) is 2.74. The molecule has 5 N–H and O–H groups in total. The summed E-state index contributed by atoms with van der Waals surface area (Å²) in [6.07, 6.45) is 1.75. The Morgan fingerprint density at radius 3 is 1.93 bits per heavy atom. The van der Waals surface area contributed by atoms with E-state index in [1.165, 1.54) is 5.69 Å². The molecule has 0 bridgehead atoms. The molecule has 0 aliphatic heterocycles. The predicted molar refractivity (Wildman–Crippen MR) is 133 cm³/mol. The number of rotatable bonds is 8. The maximum atomic E-state index is 11.0. The number of halogens is 1. The Hall–Kier alpha value is -2.16. The van der Waals surface area contributed by atoms with Crippen LogP contribution >= 0.6 is 12.4 Å². The third kappa shape index (κ3) is 10.0.